The summed E-state index contributed by atoms with van der Waals surface area (Å²) in [7, 11) is 0. The predicted molar refractivity (Wildman–Crippen MR) is 85.7 cm³/mol. The van der Waals surface area contributed by atoms with Crippen molar-refractivity contribution in [3.05, 3.63) is 33.8 Å². The fraction of sp³-hybridized carbons (Fsp3) is 0.467. The second kappa shape index (κ2) is 7.81. The number of amides is 1. The average Bonchev–Trinajstić information content (AvgIpc) is 2.35. The molecule has 0 fully saturated rings. The monoisotopic (exact) mass is 347 g/mol. The van der Waals surface area contributed by atoms with Gasteiger partial charge in [0.2, 0.25) is 0 Å². The van der Waals surface area contributed by atoms with Gasteiger partial charge in [-0.3, -0.25) is 4.79 Å². The maximum absolute atomic E-state index is 12.1. The van der Waals surface area contributed by atoms with E-state index >= 15 is 0 Å². The molecule has 0 heterocycles. The summed E-state index contributed by atoms with van der Waals surface area (Å²) in [5.41, 5.74) is -0.193. The van der Waals surface area contributed by atoms with Gasteiger partial charge in [0.1, 0.15) is 6.04 Å². The molecule has 1 amide bonds. The number of nitrogens with one attached hydrogen (secondary N) is 1. The van der Waals surface area contributed by atoms with E-state index in [1.807, 2.05) is 20.8 Å². The van der Waals surface area contributed by atoms with Gasteiger partial charge in [0.25, 0.3) is 5.91 Å². The standard InChI is InChI=1S/C15H19Cl2NO4/c1-15(2,3)22-7-6-12(14(20)21)18-13(19)10-5-4-9(16)8-11(10)17/h4-5,8,12H,6-7H2,1-3H3,(H,18,19)(H,20,21). The summed E-state index contributed by atoms with van der Waals surface area (Å²) in [6.45, 7) is 5.83. The largest absolute Gasteiger partial charge is 0.480 e. The minimum atomic E-state index is -1.13. The van der Waals surface area contributed by atoms with E-state index in [0.29, 0.717) is 5.02 Å². The summed E-state index contributed by atoms with van der Waals surface area (Å²) >= 11 is 11.7. The third kappa shape index (κ3) is 6.22. The molecule has 0 aliphatic rings. The highest BCUT2D eigenvalue weighted by atomic mass is 35.5. The van der Waals surface area contributed by atoms with Gasteiger partial charge >= 0.3 is 5.97 Å². The summed E-state index contributed by atoms with van der Waals surface area (Å²) in [4.78, 5) is 23.3. The van der Waals surface area contributed by atoms with Crippen LogP contribution in [0, 0.1) is 0 Å². The molecule has 0 saturated heterocycles. The van der Waals surface area contributed by atoms with Gasteiger partial charge in [0.15, 0.2) is 0 Å². The van der Waals surface area contributed by atoms with Crippen LogP contribution < -0.4 is 5.32 Å². The first-order chi connectivity index (χ1) is 10.1. The van der Waals surface area contributed by atoms with E-state index in [-0.39, 0.29) is 29.2 Å². The summed E-state index contributed by atoms with van der Waals surface area (Å²) in [5, 5.41) is 12.2. The molecule has 1 atom stereocenters. The van der Waals surface area contributed by atoms with Crippen LogP contribution in [0.4, 0.5) is 0 Å². The SMILES string of the molecule is CC(C)(C)OCCC(NC(=O)c1ccc(Cl)cc1Cl)C(=O)O. The number of hydrogen-bond acceptors (Lipinski definition) is 3. The summed E-state index contributed by atoms with van der Waals surface area (Å²) in [6, 6.07) is 3.34. The second-order valence-electron chi connectivity index (χ2n) is 5.74. The number of ether oxygens (including phenoxy) is 1. The lowest BCUT2D eigenvalue weighted by Crippen LogP contribution is -2.42. The first-order valence-electron chi connectivity index (χ1n) is 6.73. The Morgan fingerprint density at radius 2 is 1.95 bits per heavy atom. The van der Waals surface area contributed by atoms with Gasteiger partial charge in [-0.1, -0.05) is 23.2 Å². The van der Waals surface area contributed by atoms with E-state index in [9.17, 15) is 14.7 Å². The Hall–Kier alpha value is -1.30. The Morgan fingerprint density at radius 1 is 1.32 bits per heavy atom. The molecule has 122 valence electrons. The van der Waals surface area contributed by atoms with Crippen molar-refractivity contribution in [1.29, 1.82) is 0 Å². The lowest BCUT2D eigenvalue weighted by atomic mass is 10.1. The number of halogens is 2. The first-order valence-corrected chi connectivity index (χ1v) is 7.48. The molecule has 0 saturated carbocycles. The van der Waals surface area contributed by atoms with Crippen molar-refractivity contribution in [2.24, 2.45) is 0 Å². The van der Waals surface area contributed by atoms with Crippen molar-refractivity contribution >= 4 is 35.1 Å². The highest BCUT2D eigenvalue weighted by molar-refractivity contribution is 6.36. The maximum atomic E-state index is 12.1. The molecule has 7 heteroatoms. The molecule has 5 nitrogen and oxygen atoms in total. The Bertz CT molecular complexity index is 555. The number of carboxylic acids is 1. The molecular weight excluding hydrogens is 329 g/mol. The van der Waals surface area contributed by atoms with E-state index in [4.69, 9.17) is 27.9 Å². The number of carboxylic acid groups (broad SMARTS) is 1. The van der Waals surface area contributed by atoms with E-state index in [1.54, 1.807) is 0 Å². The van der Waals surface area contributed by atoms with Crippen LogP contribution in [0.25, 0.3) is 0 Å². The van der Waals surface area contributed by atoms with Crippen LogP contribution >= 0.6 is 23.2 Å². The summed E-state index contributed by atoms with van der Waals surface area (Å²) in [6.07, 6.45) is 0.156. The van der Waals surface area contributed by atoms with Gasteiger partial charge < -0.3 is 15.2 Å². The molecule has 0 bridgehead atoms. The molecule has 0 radical (unpaired) electrons. The third-order valence-electron chi connectivity index (χ3n) is 2.72. The van der Waals surface area contributed by atoms with Gasteiger partial charge in [0.05, 0.1) is 16.2 Å². The Balaban J connectivity index is 2.70. The molecule has 0 aromatic heterocycles. The van der Waals surface area contributed by atoms with E-state index in [2.05, 4.69) is 5.32 Å². The number of hydrogen-bond donors (Lipinski definition) is 2. The fourth-order valence-corrected chi connectivity index (χ4v) is 2.14. The van der Waals surface area contributed by atoms with E-state index in [1.165, 1.54) is 18.2 Å². The quantitative estimate of drug-likeness (QED) is 0.826. The van der Waals surface area contributed by atoms with Crippen molar-refractivity contribution in [3.63, 3.8) is 0 Å². The second-order valence-corrected chi connectivity index (χ2v) is 6.58. The number of benzene rings is 1. The molecule has 0 spiro atoms. The molecule has 0 aliphatic carbocycles. The third-order valence-corrected chi connectivity index (χ3v) is 3.27. The minimum Gasteiger partial charge on any atom is -0.480 e. The molecule has 22 heavy (non-hydrogen) atoms. The van der Waals surface area contributed by atoms with Crippen LogP contribution in [-0.2, 0) is 9.53 Å². The number of aliphatic carboxylic acids is 1. The molecule has 1 aromatic carbocycles. The van der Waals surface area contributed by atoms with Crippen molar-refractivity contribution in [3.8, 4) is 0 Å². The number of rotatable bonds is 6. The zero-order chi connectivity index (χ0) is 16.9. The van der Waals surface area contributed by atoms with Gasteiger partial charge in [-0.05, 0) is 39.0 Å². The van der Waals surface area contributed by atoms with Crippen LogP contribution in [-0.4, -0.2) is 35.2 Å². The van der Waals surface area contributed by atoms with Crippen LogP contribution in [0.2, 0.25) is 10.0 Å². The minimum absolute atomic E-state index is 0.156. The van der Waals surface area contributed by atoms with Crippen LogP contribution in [0.5, 0.6) is 0 Å². The smallest absolute Gasteiger partial charge is 0.326 e. The number of carbonyl (C=O) groups excluding carboxylic acids is 1. The molecule has 2 N–H and O–H groups in total. The van der Waals surface area contributed by atoms with Gasteiger partial charge in [-0.2, -0.15) is 0 Å². The van der Waals surface area contributed by atoms with Gasteiger partial charge in [-0.15, -0.1) is 0 Å². The summed E-state index contributed by atoms with van der Waals surface area (Å²) in [5.74, 6) is -1.69. The predicted octanol–water partition coefficient (Wildman–Crippen LogP) is 3.38. The molecule has 0 aliphatic heterocycles. The van der Waals surface area contributed by atoms with Gasteiger partial charge in [0, 0.05) is 18.1 Å². The fourth-order valence-electron chi connectivity index (χ4n) is 1.65. The zero-order valence-corrected chi connectivity index (χ0v) is 14.2. The topological polar surface area (TPSA) is 75.6 Å². The zero-order valence-electron chi connectivity index (χ0n) is 12.7. The number of carbonyl (C=O) groups is 2. The van der Waals surface area contributed by atoms with E-state index in [0.717, 1.165) is 0 Å². The molecular formula is C15H19Cl2NO4. The lowest BCUT2D eigenvalue weighted by Gasteiger charge is -2.21. The van der Waals surface area contributed by atoms with Crippen LogP contribution in [0.1, 0.15) is 37.6 Å². The molecule has 1 aromatic rings. The Labute approximate surface area is 139 Å². The molecule has 1 unspecified atom stereocenters. The maximum Gasteiger partial charge on any atom is 0.326 e. The Morgan fingerprint density at radius 3 is 2.45 bits per heavy atom. The van der Waals surface area contributed by atoms with E-state index < -0.39 is 17.9 Å². The molecule has 1 rings (SSSR count). The van der Waals surface area contributed by atoms with Crippen molar-refractivity contribution in [2.45, 2.75) is 38.8 Å². The van der Waals surface area contributed by atoms with Crippen LogP contribution in [0.15, 0.2) is 18.2 Å². The van der Waals surface area contributed by atoms with Crippen LogP contribution in [0.3, 0.4) is 0 Å². The highest BCUT2D eigenvalue weighted by Gasteiger charge is 2.22. The lowest BCUT2D eigenvalue weighted by molar-refractivity contribution is -0.140. The average molecular weight is 348 g/mol. The summed E-state index contributed by atoms with van der Waals surface area (Å²) < 4.78 is 5.48. The first kappa shape index (κ1) is 18.7. The normalized spacial score (nSPS) is 12.8. The van der Waals surface area contributed by atoms with Crippen molar-refractivity contribution < 1.29 is 19.4 Å². The Kier molecular flexibility index (Phi) is 6.66. The van der Waals surface area contributed by atoms with Gasteiger partial charge in [-0.25, -0.2) is 4.79 Å². The highest BCUT2D eigenvalue weighted by Crippen LogP contribution is 2.21. The van der Waals surface area contributed by atoms with Crippen molar-refractivity contribution in [2.75, 3.05) is 6.61 Å². The van der Waals surface area contributed by atoms with Crippen molar-refractivity contribution in [1.82, 2.24) is 5.32 Å².